The largest absolute Gasteiger partial charge is 0.316 e. The van der Waals surface area contributed by atoms with Gasteiger partial charge in [0, 0.05) is 17.6 Å². The highest BCUT2D eigenvalue weighted by Crippen LogP contribution is 2.28. The summed E-state index contributed by atoms with van der Waals surface area (Å²) in [5.74, 6) is 0. The van der Waals surface area contributed by atoms with Crippen LogP contribution in [0, 0.1) is 0 Å². The van der Waals surface area contributed by atoms with Crippen molar-refractivity contribution in [2.75, 3.05) is 19.6 Å². The van der Waals surface area contributed by atoms with Gasteiger partial charge < -0.3 is 5.32 Å². The number of benzene rings is 1. The molecule has 0 saturated carbocycles. The van der Waals surface area contributed by atoms with Crippen molar-refractivity contribution in [3.8, 4) is 0 Å². The number of halogens is 2. The lowest BCUT2D eigenvalue weighted by molar-refractivity contribution is 0.577. The van der Waals surface area contributed by atoms with Crippen molar-refractivity contribution in [2.45, 2.75) is 11.8 Å². The zero-order valence-corrected chi connectivity index (χ0v) is 12.5. The smallest absolute Gasteiger partial charge is 0.242 e. The first-order valence-electron chi connectivity index (χ1n) is 5.13. The molecule has 0 aliphatic heterocycles. The van der Waals surface area contributed by atoms with Gasteiger partial charge in [-0.05, 0) is 34.6 Å². The minimum atomic E-state index is -3.55. The van der Waals surface area contributed by atoms with E-state index in [9.17, 15) is 8.42 Å². The van der Waals surface area contributed by atoms with Crippen LogP contribution in [0.15, 0.2) is 27.6 Å². The molecule has 1 aromatic carbocycles. The minimum Gasteiger partial charge on any atom is -0.316 e. The van der Waals surface area contributed by atoms with Crippen LogP contribution in [-0.2, 0) is 10.0 Å². The van der Waals surface area contributed by atoms with Crippen LogP contribution in [0.3, 0.4) is 0 Å². The molecule has 1 aromatic rings. The highest BCUT2D eigenvalue weighted by molar-refractivity contribution is 9.10. The maximum absolute atomic E-state index is 11.9. The maximum Gasteiger partial charge on any atom is 0.242 e. The van der Waals surface area contributed by atoms with Crippen LogP contribution in [-0.4, -0.2) is 28.1 Å². The number of hydrogen-bond acceptors (Lipinski definition) is 3. The summed E-state index contributed by atoms with van der Waals surface area (Å²) in [7, 11) is -3.55. The number of rotatable bonds is 6. The SMILES string of the molecule is CCNCCNS(=O)(=O)c1cccc(Br)c1Cl. The van der Waals surface area contributed by atoms with Crippen molar-refractivity contribution in [1.82, 2.24) is 10.0 Å². The Morgan fingerprint density at radius 3 is 2.71 bits per heavy atom. The van der Waals surface area contributed by atoms with Gasteiger partial charge in [0.1, 0.15) is 4.90 Å². The maximum atomic E-state index is 11.9. The summed E-state index contributed by atoms with van der Waals surface area (Å²) >= 11 is 9.13. The molecule has 1 rings (SSSR count). The molecule has 0 aliphatic carbocycles. The third kappa shape index (κ3) is 4.22. The van der Waals surface area contributed by atoms with Crippen molar-refractivity contribution < 1.29 is 8.42 Å². The second kappa shape index (κ2) is 6.70. The lowest BCUT2D eigenvalue weighted by Gasteiger charge is -2.09. The molecule has 4 nitrogen and oxygen atoms in total. The zero-order valence-electron chi connectivity index (χ0n) is 9.33. The predicted octanol–water partition coefficient (Wildman–Crippen LogP) is 1.99. The average molecular weight is 342 g/mol. The number of nitrogens with one attached hydrogen (secondary N) is 2. The Morgan fingerprint density at radius 1 is 1.35 bits per heavy atom. The fourth-order valence-corrected chi connectivity index (χ4v) is 3.28. The molecule has 0 fully saturated rings. The molecule has 0 amide bonds. The molecule has 0 heterocycles. The van der Waals surface area contributed by atoms with Crippen molar-refractivity contribution in [2.24, 2.45) is 0 Å². The van der Waals surface area contributed by atoms with Crippen LogP contribution in [0.4, 0.5) is 0 Å². The first-order chi connectivity index (χ1) is 7.99. The topological polar surface area (TPSA) is 58.2 Å². The van der Waals surface area contributed by atoms with Crippen LogP contribution in [0.2, 0.25) is 5.02 Å². The van der Waals surface area contributed by atoms with Crippen LogP contribution in [0.25, 0.3) is 0 Å². The van der Waals surface area contributed by atoms with Gasteiger partial charge in [0.15, 0.2) is 0 Å². The molecule has 0 atom stereocenters. The molecule has 0 aromatic heterocycles. The van der Waals surface area contributed by atoms with E-state index in [0.29, 0.717) is 17.6 Å². The number of likely N-dealkylation sites (N-methyl/N-ethyl adjacent to an activating group) is 1. The normalized spacial score (nSPS) is 11.7. The first-order valence-corrected chi connectivity index (χ1v) is 7.79. The highest BCUT2D eigenvalue weighted by atomic mass is 79.9. The van der Waals surface area contributed by atoms with Gasteiger partial charge in [-0.3, -0.25) is 0 Å². The van der Waals surface area contributed by atoms with Gasteiger partial charge in [-0.25, -0.2) is 13.1 Å². The number of hydrogen-bond donors (Lipinski definition) is 2. The molecular formula is C10H14BrClN2O2S. The van der Waals surface area contributed by atoms with Gasteiger partial charge in [-0.1, -0.05) is 24.6 Å². The van der Waals surface area contributed by atoms with E-state index in [1.165, 1.54) is 6.07 Å². The monoisotopic (exact) mass is 340 g/mol. The fourth-order valence-electron chi connectivity index (χ4n) is 1.22. The summed E-state index contributed by atoms with van der Waals surface area (Å²) in [4.78, 5) is 0.0880. The average Bonchev–Trinajstić information content (AvgIpc) is 2.28. The van der Waals surface area contributed by atoms with E-state index >= 15 is 0 Å². The summed E-state index contributed by atoms with van der Waals surface area (Å²) in [6.45, 7) is 3.68. The van der Waals surface area contributed by atoms with Crippen molar-refractivity contribution >= 4 is 37.6 Å². The predicted molar refractivity (Wildman–Crippen MR) is 72.9 cm³/mol. The number of sulfonamides is 1. The Labute approximate surface area is 115 Å². The van der Waals surface area contributed by atoms with Gasteiger partial charge in [0.25, 0.3) is 0 Å². The molecule has 2 N–H and O–H groups in total. The third-order valence-corrected chi connectivity index (χ3v) is 4.96. The van der Waals surface area contributed by atoms with E-state index in [2.05, 4.69) is 26.0 Å². The Balaban J connectivity index is 2.79. The molecular weight excluding hydrogens is 328 g/mol. The van der Waals surface area contributed by atoms with E-state index in [1.807, 2.05) is 6.92 Å². The lowest BCUT2D eigenvalue weighted by atomic mass is 10.4. The molecule has 7 heteroatoms. The molecule has 0 spiro atoms. The van der Waals surface area contributed by atoms with Gasteiger partial charge in [0.05, 0.1) is 5.02 Å². The standard InChI is InChI=1S/C10H14BrClN2O2S/c1-2-13-6-7-14-17(15,16)9-5-3-4-8(11)10(9)12/h3-5,13-14H,2,6-7H2,1H3. The second-order valence-corrected chi connectivity index (χ2v) is 6.27. The Bertz CT molecular complexity index is 479. The lowest BCUT2D eigenvalue weighted by Crippen LogP contribution is -2.31. The Hall–Kier alpha value is -0.140. The minimum absolute atomic E-state index is 0.0880. The molecule has 17 heavy (non-hydrogen) atoms. The molecule has 0 radical (unpaired) electrons. The van der Waals surface area contributed by atoms with Crippen LogP contribution < -0.4 is 10.0 Å². The zero-order chi connectivity index (χ0) is 12.9. The van der Waals surface area contributed by atoms with E-state index < -0.39 is 10.0 Å². The quantitative estimate of drug-likeness (QED) is 0.778. The first kappa shape index (κ1) is 14.9. The Morgan fingerprint density at radius 2 is 2.06 bits per heavy atom. The fraction of sp³-hybridized carbons (Fsp3) is 0.400. The van der Waals surface area contributed by atoms with Crippen LogP contribution in [0.5, 0.6) is 0 Å². The molecule has 0 bridgehead atoms. The summed E-state index contributed by atoms with van der Waals surface area (Å²) in [6.07, 6.45) is 0. The van der Waals surface area contributed by atoms with Crippen molar-refractivity contribution in [3.05, 3.63) is 27.7 Å². The molecule has 96 valence electrons. The highest BCUT2D eigenvalue weighted by Gasteiger charge is 2.18. The summed E-state index contributed by atoms with van der Waals surface area (Å²) in [5.41, 5.74) is 0. The summed E-state index contributed by atoms with van der Waals surface area (Å²) in [5, 5.41) is 3.23. The summed E-state index contributed by atoms with van der Waals surface area (Å²) < 4.78 is 26.9. The van der Waals surface area contributed by atoms with Crippen molar-refractivity contribution in [1.29, 1.82) is 0 Å². The van der Waals surface area contributed by atoms with Gasteiger partial charge in [0.2, 0.25) is 10.0 Å². The van der Waals surface area contributed by atoms with E-state index in [-0.39, 0.29) is 9.92 Å². The Kier molecular flexibility index (Phi) is 5.88. The van der Waals surface area contributed by atoms with Crippen LogP contribution in [0.1, 0.15) is 6.92 Å². The van der Waals surface area contributed by atoms with Crippen LogP contribution >= 0.6 is 27.5 Å². The molecule has 0 aliphatic rings. The third-order valence-electron chi connectivity index (χ3n) is 2.05. The van der Waals surface area contributed by atoms with Crippen molar-refractivity contribution in [3.63, 3.8) is 0 Å². The molecule has 0 saturated heterocycles. The van der Waals surface area contributed by atoms with Gasteiger partial charge in [-0.15, -0.1) is 0 Å². The van der Waals surface area contributed by atoms with E-state index in [0.717, 1.165) is 6.54 Å². The van der Waals surface area contributed by atoms with Gasteiger partial charge in [-0.2, -0.15) is 0 Å². The van der Waals surface area contributed by atoms with E-state index in [4.69, 9.17) is 11.6 Å². The molecule has 0 unspecified atom stereocenters. The second-order valence-electron chi connectivity index (χ2n) is 3.30. The van der Waals surface area contributed by atoms with E-state index in [1.54, 1.807) is 12.1 Å². The van der Waals surface area contributed by atoms with Gasteiger partial charge >= 0.3 is 0 Å². The summed E-state index contributed by atoms with van der Waals surface area (Å²) in [6, 6.07) is 4.80.